The number of halogens is 1. The summed E-state index contributed by atoms with van der Waals surface area (Å²) in [5, 5.41) is 0.319. The van der Waals surface area contributed by atoms with Gasteiger partial charge in [0.2, 0.25) is 0 Å². The van der Waals surface area contributed by atoms with E-state index < -0.39 is 0 Å². The Morgan fingerprint density at radius 2 is 1.88 bits per heavy atom. The van der Waals surface area contributed by atoms with Gasteiger partial charge in [-0.2, -0.15) is 0 Å². The molecule has 5 unspecified atom stereocenters. The van der Waals surface area contributed by atoms with Gasteiger partial charge >= 0.3 is 0 Å². The summed E-state index contributed by atoms with van der Waals surface area (Å²) in [6.45, 7) is 11.7. The predicted octanol–water partition coefficient (Wildman–Crippen LogP) is 4.63. The van der Waals surface area contributed by atoms with Crippen LogP contribution in [0.4, 0.5) is 0 Å². The van der Waals surface area contributed by atoms with Crippen molar-refractivity contribution in [3.63, 3.8) is 0 Å². The molecule has 3 fully saturated rings. The molecule has 3 saturated carbocycles. The third-order valence-corrected chi connectivity index (χ3v) is 6.83. The first-order valence-corrected chi connectivity index (χ1v) is 7.16. The summed E-state index contributed by atoms with van der Waals surface area (Å²) in [6.07, 6.45) is 5.22. The highest BCUT2D eigenvalue weighted by Gasteiger charge is 2.64. The molecule has 3 aliphatic carbocycles. The molecule has 0 amide bonds. The molecule has 0 aromatic heterocycles. The van der Waals surface area contributed by atoms with Crippen LogP contribution in [0.15, 0.2) is 12.2 Å². The van der Waals surface area contributed by atoms with E-state index in [1.807, 2.05) is 0 Å². The molecule has 0 nitrogen and oxygen atoms in total. The van der Waals surface area contributed by atoms with E-state index in [1.54, 1.807) is 0 Å². The van der Waals surface area contributed by atoms with Crippen LogP contribution in [-0.2, 0) is 0 Å². The second-order valence-corrected chi connectivity index (χ2v) is 7.65. The van der Waals surface area contributed by atoms with Gasteiger partial charge in [0, 0.05) is 10.8 Å². The van der Waals surface area contributed by atoms with Crippen LogP contribution in [0.5, 0.6) is 0 Å². The second kappa shape index (κ2) is 3.07. The van der Waals surface area contributed by atoms with Gasteiger partial charge in [-0.05, 0) is 48.9 Å². The van der Waals surface area contributed by atoms with Gasteiger partial charge in [-0.1, -0.05) is 32.9 Å². The van der Waals surface area contributed by atoms with Gasteiger partial charge in [-0.15, -0.1) is 11.6 Å². The molecule has 4 bridgehead atoms. The highest BCUT2D eigenvalue weighted by Crippen LogP contribution is 2.70. The van der Waals surface area contributed by atoms with Crippen molar-refractivity contribution in [2.45, 2.75) is 51.8 Å². The van der Waals surface area contributed by atoms with Crippen LogP contribution in [0.2, 0.25) is 0 Å². The zero-order chi connectivity index (χ0) is 11.7. The van der Waals surface area contributed by atoms with Gasteiger partial charge in [0.05, 0.1) is 0 Å². The van der Waals surface area contributed by atoms with Crippen molar-refractivity contribution in [3.05, 3.63) is 12.2 Å². The molecule has 0 aromatic carbocycles. The fourth-order valence-electron chi connectivity index (χ4n) is 5.19. The Balaban J connectivity index is 2.13. The first-order chi connectivity index (χ1) is 7.39. The Bertz CT molecular complexity index is 343. The number of allylic oxidation sites excluding steroid dienone is 1. The zero-order valence-corrected chi connectivity index (χ0v) is 11.5. The maximum atomic E-state index is 6.71. The molecule has 0 N–H and O–H groups in total. The van der Waals surface area contributed by atoms with E-state index in [-0.39, 0.29) is 5.41 Å². The topological polar surface area (TPSA) is 0 Å². The molecule has 90 valence electrons. The molecule has 0 saturated heterocycles. The molecule has 16 heavy (non-hydrogen) atoms. The molecule has 0 aromatic rings. The maximum Gasteiger partial charge on any atom is 0.0429 e. The third kappa shape index (κ3) is 1.08. The first kappa shape index (κ1) is 11.1. The van der Waals surface area contributed by atoms with Gasteiger partial charge in [-0.3, -0.25) is 0 Å². The van der Waals surface area contributed by atoms with E-state index in [2.05, 4.69) is 27.4 Å². The van der Waals surface area contributed by atoms with Crippen molar-refractivity contribution in [2.24, 2.45) is 28.6 Å². The standard InChI is InChI=1S/C15H23Cl/c1-9-10-5-6-11-13(10)14(2,3)8-7-12(16)15(9,11)4/h10-13H,1,5-8H2,2-4H3. The normalized spacial score (nSPS) is 54.1. The number of hydrogen-bond acceptors (Lipinski definition) is 0. The average molecular weight is 239 g/mol. The van der Waals surface area contributed by atoms with Crippen LogP contribution in [-0.4, -0.2) is 5.38 Å². The van der Waals surface area contributed by atoms with Crippen LogP contribution in [0, 0.1) is 28.6 Å². The van der Waals surface area contributed by atoms with Crippen LogP contribution in [0.3, 0.4) is 0 Å². The number of rotatable bonds is 0. The minimum Gasteiger partial charge on any atom is -0.122 e. The monoisotopic (exact) mass is 238 g/mol. The van der Waals surface area contributed by atoms with Crippen LogP contribution >= 0.6 is 11.6 Å². The minimum absolute atomic E-state index is 0.239. The Morgan fingerprint density at radius 1 is 1.19 bits per heavy atom. The van der Waals surface area contributed by atoms with Crippen LogP contribution < -0.4 is 0 Å². The Morgan fingerprint density at radius 3 is 2.56 bits per heavy atom. The molecule has 3 rings (SSSR count). The molecule has 3 aliphatic rings. The Labute approximate surface area is 104 Å². The largest absolute Gasteiger partial charge is 0.122 e. The lowest BCUT2D eigenvalue weighted by atomic mass is 9.69. The van der Waals surface area contributed by atoms with Gasteiger partial charge in [0.1, 0.15) is 0 Å². The predicted molar refractivity (Wildman–Crippen MR) is 69.6 cm³/mol. The fourth-order valence-corrected chi connectivity index (χ4v) is 5.60. The molecular weight excluding hydrogens is 216 g/mol. The average Bonchev–Trinajstić information content (AvgIpc) is 2.72. The highest BCUT2D eigenvalue weighted by molar-refractivity contribution is 6.21. The summed E-state index contributed by atoms with van der Waals surface area (Å²) in [6, 6.07) is 0. The van der Waals surface area contributed by atoms with Crippen molar-refractivity contribution in [1.82, 2.24) is 0 Å². The van der Waals surface area contributed by atoms with Crippen LogP contribution in [0.1, 0.15) is 46.5 Å². The van der Waals surface area contributed by atoms with E-state index in [9.17, 15) is 0 Å². The maximum absolute atomic E-state index is 6.71. The van der Waals surface area contributed by atoms with Crippen molar-refractivity contribution < 1.29 is 0 Å². The van der Waals surface area contributed by atoms with E-state index in [0.29, 0.717) is 10.8 Å². The van der Waals surface area contributed by atoms with Crippen LogP contribution in [0.25, 0.3) is 0 Å². The van der Waals surface area contributed by atoms with E-state index in [0.717, 1.165) is 17.8 Å². The van der Waals surface area contributed by atoms with Gasteiger partial charge in [0.25, 0.3) is 0 Å². The SMILES string of the molecule is C=C1C2CCC3C2C(C)(C)CCC(Cl)C13C. The summed E-state index contributed by atoms with van der Waals surface area (Å²) in [5.41, 5.74) is 2.19. The summed E-state index contributed by atoms with van der Waals surface area (Å²) in [4.78, 5) is 0. The van der Waals surface area contributed by atoms with Crippen molar-refractivity contribution in [3.8, 4) is 0 Å². The summed E-state index contributed by atoms with van der Waals surface area (Å²) in [5.74, 6) is 2.44. The Kier molecular flexibility index (Phi) is 2.14. The van der Waals surface area contributed by atoms with E-state index >= 15 is 0 Å². The summed E-state index contributed by atoms with van der Waals surface area (Å²) < 4.78 is 0. The quantitative estimate of drug-likeness (QED) is 0.426. The van der Waals surface area contributed by atoms with Gasteiger partial charge in [0.15, 0.2) is 0 Å². The lowest BCUT2D eigenvalue weighted by molar-refractivity contribution is 0.142. The number of alkyl halides is 1. The van der Waals surface area contributed by atoms with Crippen molar-refractivity contribution in [2.75, 3.05) is 0 Å². The molecular formula is C15H23Cl. The van der Waals surface area contributed by atoms with Gasteiger partial charge < -0.3 is 0 Å². The molecule has 0 spiro atoms. The van der Waals surface area contributed by atoms with Crippen molar-refractivity contribution >= 4 is 11.6 Å². The van der Waals surface area contributed by atoms with E-state index in [4.69, 9.17) is 11.6 Å². The van der Waals surface area contributed by atoms with E-state index in [1.165, 1.54) is 31.3 Å². The third-order valence-electron chi connectivity index (χ3n) is 6.16. The lowest BCUT2D eigenvalue weighted by Gasteiger charge is -2.39. The summed E-state index contributed by atoms with van der Waals surface area (Å²) in [7, 11) is 0. The molecule has 1 heteroatoms. The zero-order valence-electron chi connectivity index (χ0n) is 10.7. The van der Waals surface area contributed by atoms with Gasteiger partial charge in [-0.25, -0.2) is 0 Å². The fraction of sp³-hybridized carbons (Fsp3) is 0.867. The molecule has 0 aliphatic heterocycles. The smallest absolute Gasteiger partial charge is 0.0429 e. The second-order valence-electron chi connectivity index (χ2n) is 7.12. The number of hydrogen-bond donors (Lipinski definition) is 0. The molecule has 5 atom stereocenters. The first-order valence-electron chi connectivity index (χ1n) is 6.72. The Hall–Kier alpha value is 0.0300. The lowest BCUT2D eigenvalue weighted by Crippen LogP contribution is -2.35. The molecule has 0 heterocycles. The minimum atomic E-state index is 0.239. The summed E-state index contributed by atoms with van der Waals surface area (Å²) >= 11 is 6.71. The van der Waals surface area contributed by atoms with Crippen molar-refractivity contribution in [1.29, 1.82) is 0 Å². The highest BCUT2D eigenvalue weighted by atomic mass is 35.5. The molecule has 0 radical (unpaired) electrons.